The zero-order valence-corrected chi connectivity index (χ0v) is 10.8. The summed E-state index contributed by atoms with van der Waals surface area (Å²) in [5.74, 6) is -2.23. The second-order valence-electron chi connectivity index (χ2n) is 4.33. The highest BCUT2D eigenvalue weighted by Crippen LogP contribution is 2.36. The van der Waals surface area contributed by atoms with Crippen molar-refractivity contribution in [3.63, 3.8) is 0 Å². The lowest BCUT2D eigenvalue weighted by atomic mass is 9.97. The molecule has 1 atom stereocenters. The molecule has 1 rings (SSSR count). The number of benzene rings is 1. The first-order chi connectivity index (χ1) is 9.25. The van der Waals surface area contributed by atoms with E-state index in [1.54, 1.807) is 6.92 Å². The largest absolute Gasteiger partial charge is 0.481 e. The first kappa shape index (κ1) is 16.4. The van der Waals surface area contributed by atoms with Crippen LogP contribution in [0.1, 0.15) is 36.9 Å². The first-order valence-corrected chi connectivity index (χ1v) is 6.07. The molecule has 112 valence electrons. The fraction of sp³-hybridized carbons (Fsp3) is 0.462. The molecule has 2 N–H and O–H groups in total. The molecule has 0 aliphatic carbocycles. The molecule has 0 bridgehead atoms. The number of aliphatic carboxylic acids is 1. The van der Waals surface area contributed by atoms with E-state index in [0.29, 0.717) is 19.0 Å². The van der Waals surface area contributed by atoms with E-state index in [1.165, 1.54) is 0 Å². The number of carboxylic acids is 1. The van der Waals surface area contributed by atoms with Crippen molar-refractivity contribution in [1.82, 2.24) is 5.32 Å². The van der Waals surface area contributed by atoms with Crippen molar-refractivity contribution in [1.29, 1.82) is 0 Å². The molecule has 0 radical (unpaired) electrons. The van der Waals surface area contributed by atoms with Gasteiger partial charge in [-0.1, -0.05) is 13.0 Å². The van der Waals surface area contributed by atoms with Gasteiger partial charge < -0.3 is 10.4 Å². The molecule has 0 heterocycles. The number of hydrogen-bond donors (Lipinski definition) is 2. The molecule has 0 saturated carbocycles. The predicted octanol–water partition coefficient (Wildman–Crippen LogP) is 3.36. The third-order valence-electron chi connectivity index (χ3n) is 2.72. The lowest BCUT2D eigenvalue weighted by Crippen LogP contribution is -2.27. The highest BCUT2D eigenvalue weighted by molar-refractivity contribution is 5.68. The summed E-state index contributed by atoms with van der Waals surface area (Å²) in [6, 6.07) is 1.25. The predicted molar refractivity (Wildman–Crippen MR) is 64.7 cm³/mol. The topological polar surface area (TPSA) is 49.3 Å². The van der Waals surface area contributed by atoms with Gasteiger partial charge in [-0.3, -0.25) is 4.79 Å². The first-order valence-electron chi connectivity index (χ1n) is 6.07. The minimum Gasteiger partial charge on any atom is -0.481 e. The van der Waals surface area contributed by atoms with E-state index in [0.717, 1.165) is 12.1 Å². The van der Waals surface area contributed by atoms with Crippen LogP contribution in [0.2, 0.25) is 0 Å². The normalized spacial score (nSPS) is 13.2. The van der Waals surface area contributed by atoms with E-state index in [9.17, 15) is 22.4 Å². The van der Waals surface area contributed by atoms with Gasteiger partial charge in [-0.05, 0) is 30.7 Å². The van der Waals surface area contributed by atoms with E-state index in [2.05, 4.69) is 5.32 Å². The van der Waals surface area contributed by atoms with Gasteiger partial charge in [-0.25, -0.2) is 4.39 Å². The Labute approximate surface area is 113 Å². The van der Waals surface area contributed by atoms with Crippen LogP contribution in [0.25, 0.3) is 0 Å². The van der Waals surface area contributed by atoms with Crippen molar-refractivity contribution >= 4 is 5.97 Å². The van der Waals surface area contributed by atoms with Crippen molar-refractivity contribution in [2.75, 3.05) is 6.54 Å². The molecule has 0 amide bonds. The maximum absolute atomic E-state index is 13.0. The molecular formula is C13H15F4NO2. The van der Waals surface area contributed by atoms with Crippen LogP contribution in [0, 0.1) is 5.82 Å². The molecule has 7 heteroatoms. The summed E-state index contributed by atoms with van der Waals surface area (Å²) in [4.78, 5) is 10.8. The van der Waals surface area contributed by atoms with E-state index < -0.39 is 36.0 Å². The average molecular weight is 293 g/mol. The third-order valence-corrected chi connectivity index (χ3v) is 2.72. The summed E-state index contributed by atoms with van der Waals surface area (Å²) in [6.07, 6.45) is -4.60. The lowest BCUT2D eigenvalue weighted by Gasteiger charge is -2.21. The molecule has 20 heavy (non-hydrogen) atoms. The fourth-order valence-corrected chi connectivity index (χ4v) is 1.86. The Balaban J connectivity index is 3.20. The molecule has 0 fully saturated rings. The van der Waals surface area contributed by atoms with Crippen LogP contribution in [0.4, 0.5) is 17.6 Å². The van der Waals surface area contributed by atoms with Gasteiger partial charge in [0, 0.05) is 6.04 Å². The van der Waals surface area contributed by atoms with E-state index in [1.807, 2.05) is 0 Å². The zero-order chi connectivity index (χ0) is 15.3. The van der Waals surface area contributed by atoms with Crippen molar-refractivity contribution in [2.24, 2.45) is 0 Å². The summed E-state index contributed by atoms with van der Waals surface area (Å²) in [6.45, 7) is 2.17. The van der Waals surface area contributed by atoms with Gasteiger partial charge in [0.05, 0.1) is 12.0 Å². The number of halogens is 4. The van der Waals surface area contributed by atoms with Gasteiger partial charge in [0.2, 0.25) is 0 Å². The second kappa shape index (κ2) is 6.69. The molecule has 0 spiro atoms. The molecular weight excluding hydrogens is 278 g/mol. The number of rotatable bonds is 6. The van der Waals surface area contributed by atoms with Gasteiger partial charge >= 0.3 is 12.1 Å². The third kappa shape index (κ3) is 4.48. The smallest absolute Gasteiger partial charge is 0.416 e. The Morgan fingerprint density at radius 3 is 2.55 bits per heavy atom. The monoisotopic (exact) mass is 293 g/mol. The maximum atomic E-state index is 13.0. The highest BCUT2D eigenvalue weighted by Gasteiger charge is 2.36. The quantitative estimate of drug-likeness (QED) is 0.791. The van der Waals surface area contributed by atoms with Crippen LogP contribution in [0.3, 0.4) is 0 Å². The van der Waals surface area contributed by atoms with Crippen molar-refractivity contribution < 1.29 is 27.5 Å². The molecule has 0 aliphatic rings. The van der Waals surface area contributed by atoms with Crippen LogP contribution >= 0.6 is 0 Å². The zero-order valence-electron chi connectivity index (χ0n) is 10.8. The van der Waals surface area contributed by atoms with Gasteiger partial charge in [-0.15, -0.1) is 0 Å². The van der Waals surface area contributed by atoms with E-state index in [-0.39, 0.29) is 5.56 Å². The number of hydrogen-bond acceptors (Lipinski definition) is 2. The number of nitrogens with one attached hydrogen (secondary N) is 1. The SMILES string of the molecule is CCCNC(CC(=O)O)c1ccc(F)cc1C(F)(F)F. The highest BCUT2D eigenvalue weighted by atomic mass is 19.4. The average Bonchev–Trinajstić information content (AvgIpc) is 2.33. The summed E-state index contributed by atoms with van der Waals surface area (Å²) in [5.41, 5.74) is -1.40. The Bertz CT molecular complexity index is 474. The van der Waals surface area contributed by atoms with Crippen LogP contribution < -0.4 is 5.32 Å². The molecule has 1 unspecified atom stereocenters. The molecule has 0 saturated heterocycles. The van der Waals surface area contributed by atoms with Crippen molar-refractivity contribution in [2.45, 2.75) is 32.0 Å². The Morgan fingerprint density at radius 2 is 2.05 bits per heavy atom. The van der Waals surface area contributed by atoms with Crippen molar-refractivity contribution in [3.8, 4) is 0 Å². The lowest BCUT2D eigenvalue weighted by molar-refractivity contribution is -0.141. The number of carboxylic acid groups (broad SMARTS) is 1. The second-order valence-corrected chi connectivity index (χ2v) is 4.33. The molecule has 3 nitrogen and oxygen atoms in total. The summed E-state index contributed by atoms with van der Waals surface area (Å²) >= 11 is 0. The van der Waals surface area contributed by atoms with Crippen LogP contribution in [0.15, 0.2) is 18.2 Å². The summed E-state index contributed by atoms with van der Waals surface area (Å²) < 4.78 is 51.7. The van der Waals surface area contributed by atoms with Crippen LogP contribution in [-0.4, -0.2) is 17.6 Å². The Hall–Kier alpha value is -1.63. The molecule has 0 aliphatic heterocycles. The Morgan fingerprint density at radius 1 is 1.40 bits per heavy atom. The van der Waals surface area contributed by atoms with Crippen molar-refractivity contribution in [3.05, 3.63) is 35.1 Å². The van der Waals surface area contributed by atoms with E-state index >= 15 is 0 Å². The number of alkyl halides is 3. The Kier molecular flexibility index (Phi) is 5.50. The van der Waals surface area contributed by atoms with Gasteiger partial charge in [0.1, 0.15) is 5.82 Å². The maximum Gasteiger partial charge on any atom is 0.416 e. The molecule has 0 aromatic heterocycles. The van der Waals surface area contributed by atoms with Crippen LogP contribution in [-0.2, 0) is 11.0 Å². The van der Waals surface area contributed by atoms with E-state index in [4.69, 9.17) is 5.11 Å². The minimum atomic E-state index is -4.73. The fourth-order valence-electron chi connectivity index (χ4n) is 1.86. The molecule has 1 aromatic rings. The van der Waals surface area contributed by atoms with Gasteiger partial charge in [0.25, 0.3) is 0 Å². The summed E-state index contributed by atoms with van der Waals surface area (Å²) in [7, 11) is 0. The molecule has 1 aromatic carbocycles. The van der Waals surface area contributed by atoms with Gasteiger partial charge in [0.15, 0.2) is 0 Å². The van der Waals surface area contributed by atoms with Gasteiger partial charge in [-0.2, -0.15) is 13.2 Å². The standard InChI is InChI=1S/C13H15F4NO2/c1-2-5-18-11(7-12(19)20)9-4-3-8(14)6-10(9)13(15,16)17/h3-4,6,11,18H,2,5,7H2,1H3,(H,19,20). The minimum absolute atomic E-state index is 0.255. The van der Waals surface area contributed by atoms with Crippen LogP contribution in [0.5, 0.6) is 0 Å². The number of carbonyl (C=O) groups is 1. The summed E-state index contributed by atoms with van der Waals surface area (Å²) in [5, 5.41) is 11.5.